The molecule has 0 spiro atoms. The average Bonchev–Trinajstić information content (AvgIpc) is 3.91. The number of aromatic nitrogens is 1. The average molecular weight is 805 g/mol. The van der Waals surface area contributed by atoms with E-state index in [0.29, 0.717) is 0 Å². The van der Waals surface area contributed by atoms with Crippen LogP contribution in [0.25, 0.3) is 93.9 Å². The van der Waals surface area contributed by atoms with Crippen molar-refractivity contribution in [1.29, 1.82) is 0 Å². The van der Waals surface area contributed by atoms with Crippen molar-refractivity contribution in [1.82, 2.24) is 4.57 Å². The summed E-state index contributed by atoms with van der Waals surface area (Å²) in [6.07, 6.45) is 0. The van der Waals surface area contributed by atoms with Crippen LogP contribution in [0.3, 0.4) is 0 Å². The van der Waals surface area contributed by atoms with E-state index in [0.717, 1.165) is 78.1 Å². The van der Waals surface area contributed by atoms with Crippen LogP contribution < -0.4 is 4.90 Å². The van der Waals surface area contributed by atoms with Gasteiger partial charge < -0.3 is 13.9 Å². The standard InChI is InChI=1S/C60H40N2O/c1-4-18-42(19-5-1)47-24-10-11-26-51(47)59-48(43-20-6-2-7-21-43)28-16-30-54(59)62(55-31-17-33-58-60(55)52-27-13-15-32-57(52)63-58)46-37-34-41(35-38-46)44-36-39-50-49-25-12-14-29-53(49)61(56(50)40-44)45-22-8-3-9-23-45/h1-40H. The van der Waals surface area contributed by atoms with Crippen LogP contribution in [-0.4, -0.2) is 4.57 Å². The molecule has 296 valence electrons. The van der Waals surface area contributed by atoms with Crippen molar-refractivity contribution < 1.29 is 4.42 Å². The van der Waals surface area contributed by atoms with Crippen LogP contribution in [0.1, 0.15) is 0 Å². The summed E-state index contributed by atoms with van der Waals surface area (Å²) in [7, 11) is 0. The van der Waals surface area contributed by atoms with E-state index in [9.17, 15) is 0 Å². The second kappa shape index (κ2) is 15.3. The minimum absolute atomic E-state index is 0.850. The molecule has 0 saturated carbocycles. The maximum absolute atomic E-state index is 6.55. The van der Waals surface area contributed by atoms with Gasteiger partial charge >= 0.3 is 0 Å². The molecule has 63 heavy (non-hydrogen) atoms. The molecule has 0 aliphatic carbocycles. The maximum atomic E-state index is 6.55. The highest BCUT2D eigenvalue weighted by atomic mass is 16.3. The highest BCUT2D eigenvalue weighted by Crippen LogP contribution is 2.50. The van der Waals surface area contributed by atoms with Crippen LogP contribution in [0.5, 0.6) is 0 Å². The summed E-state index contributed by atoms with van der Waals surface area (Å²) in [6, 6.07) is 87.2. The third-order valence-corrected chi connectivity index (χ3v) is 12.4. The summed E-state index contributed by atoms with van der Waals surface area (Å²) >= 11 is 0. The number of benzene rings is 10. The molecule has 0 saturated heterocycles. The van der Waals surface area contributed by atoms with Gasteiger partial charge in [-0.25, -0.2) is 0 Å². The van der Waals surface area contributed by atoms with Crippen molar-refractivity contribution >= 4 is 60.8 Å². The van der Waals surface area contributed by atoms with Gasteiger partial charge in [-0.1, -0.05) is 182 Å². The lowest BCUT2D eigenvalue weighted by Gasteiger charge is -2.30. The largest absolute Gasteiger partial charge is 0.456 e. The van der Waals surface area contributed by atoms with E-state index in [2.05, 4.69) is 246 Å². The third-order valence-electron chi connectivity index (χ3n) is 12.4. The Morgan fingerprint density at radius 3 is 1.67 bits per heavy atom. The second-order valence-electron chi connectivity index (χ2n) is 16.0. The molecular weight excluding hydrogens is 765 g/mol. The molecule has 0 aliphatic heterocycles. The topological polar surface area (TPSA) is 21.3 Å². The smallest absolute Gasteiger partial charge is 0.137 e. The lowest BCUT2D eigenvalue weighted by molar-refractivity contribution is 0.669. The van der Waals surface area contributed by atoms with Crippen LogP contribution in [0.4, 0.5) is 17.1 Å². The van der Waals surface area contributed by atoms with Gasteiger partial charge in [0.25, 0.3) is 0 Å². The first kappa shape index (κ1) is 36.5. The van der Waals surface area contributed by atoms with Crippen LogP contribution in [-0.2, 0) is 0 Å². The Kier molecular flexibility index (Phi) is 8.83. The molecule has 12 rings (SSSR count). The van der Waals surface area contributed by atoms with Gasteiger partial charge in [-0.2, -0.15) is 0 Å². The summed E-state index contributed by atoms with van der Waals surface area (Å²) in [5.41, 5.74) is 17.7. The fourth-order valence-electron chi connectivity index (χ4n) is 9.60. The maximum Gasteiger partial charge on any atom is 0.137 e. The molecule has 12 aromatic rings. The monoisotopic (exact) mass is 804 g/mol. The molecule has 2 heterocycles. The van der Waals surface area contributed by atoms with Crippen molar-refractivity contribution in [2.24, 2.45) is 0 Å². The van der Waals surface area contributed by atoms with E-state index in [-0.39, 0.29) is 0 Å². The molecule has 3 nitrogen and oxygen atoms in total. The first-order valence-corrected chi connectivity index (χ1v) is 21.5. The molecular formula is C60H40N2O. The Labute approximate surface area is 366 Å². The van der Waals surface area contributed by atoms with E-state index < -0.39 is 0 Å². The van der Waals surface area contributed by atoms with Gasteiger partial charge in [0.05, 0.1) is 27.8 Å². The van der Waals surface area contributed by atoms with E-state index >= 15 is 0 Å². The highest BCUT2D eigenvalue weighted by Gasteiger charge is 2.25. The van der Waals surface area contributed by atoms with Gasteiger partial charge in [0, 0.05) is 33.1 Å². The first-order valence-electron chi connectivity index (χ1n) is 21.5. The predicted molar refractivity (Wildman–Crippen MR) is 264 cm³/mol. The molecule has 0 atom stereocenters. The van der Waals surface area contributed by atoms with Gasteiger partial charge in [-0.3, -0.25) is 0 Å². The molecule has 10 aromatic carbocycles. The molecule has 0 aliphatic rings. The quantitative estimate of drug-likeness (QED) is 0.153. The third kappa shape index (κ3) is 6.21. The molecule has 2 aromatic heterocycles. The number of nitrogens with zero attached hydrogens (tertiary/aromatic N) is 2. The zero-order valence-corrected chi connectivity index (χ0v) is 34.4. The van der Waals surface area contributed by atoms with E-state index in [4.69, 9.17) is 4.42 Å². The zero-order valence-electron chi connectivity index (χ0n) is 34.4. The highest BCUT2D eigenvalue weighted by molar-refractivity contribution is 6.15. The molecule has 0 N–H and O–H groups in total. The SMILES string of the molecule is c1ccc(-c2ccccc2-c2c(-c3ccccc3)cccc2N(c2ccc(-c3ccc4c5ccccc5n(-c5ccccc5)c4c3)cc2)c2cccc3oc4ccccc4c23)cc1. The Hall–Kier alpha value is -8.40. The molecule has 0 bridgehead atoms. The van der Waals surface area contributed by atoms with Gasteiger partial charge in [-0.05, 0) is 99.6 Å². The number of furan rings is 1. The fraction of sp³-hybridized carbons (Fsp3) is 0. The van der Waals surface area contributed by atoms with Crippen LogP contribution in [0, 0.1) is 0 Å². The van der Waals surface area contributed by atoms with E-state index in [1.165, 1.54) is 32.9 Å². The Bertz CT molecular complexity index is 3600. The van der Waals surface area contributed by atoms with Crippen molar-refractivity contribution in [3.05, 3.63) is 243 Å². The van der Waals surface area contributed by atoms with Crippen molar-refractivity contribution in [3.8, 4) is 50.2 Å². The number of rotatable bonds is 8. The number of anilines is 3. The molecule has 3 heteroatoms. The van der Waals surface area contributed by atoms with Crippen LogP contribution >= 0.6 is 0 Å². The number of hydrogen-bond acceptors (Lipinski definition) is 2. The lowest BCUT2D eigenvalue weighted by atomic mass is 9.87. The van der Waals surface area contributed by atoms with Gasteiger partial charge in [0.1, 0.15) is 11.2 Å². The first-order chi connectivity index (χ1) is 31.3. The molecule has 0 amide bonds. The molecule has 0 radical (unpaired) electrons. The fourth-order valence-corrected chi connectivity index (χ4v) is 9.60. The summed E-state index contributed by atoms with van der Waals surface area (Å²) in [5, 5.41) is 4.64. The Morgan fingerprint density at radius 1 is 0.333 bits per heavy atom. The van der Waals surface area contributed by atoms with E-state index in [1.807, 2.05) is 6.07 Å². The summed E-state index contributed by atoms with van der Waals surface area (Å²) < 4.78 is 8.93. The summed E-state index contributed by atoms with van der Waals surface area (Å²) in [4.78, 5) is 2.44. The Morgan fingerprint density at radius 2 is 0.889 bits per heavy atom. The minimum Gasteiger partial charge on any atom is -0.456 e. The van der Waals surface area contributed by atoms with Crippen molar-refractivity contribution in [2.45, 2.75) is 0 Å². The van der Waals surface area contributed by atoms with Gasteiger partial charge in [0.2, 0.25) is 0 Å². The normalized spacial score (nSPS) is 11.5. The summed E-state index contributed by atoms with van der Waals surface area (Å²) in [6.45, 7) is 0. The minimum atomic E-state index is 0.850. The van der Waals surface area contributed by atoms with Gasteiger partial charge in [0.15, 0.2) is 0 Å². The number of hydrogen-bond donors (Lipinski definition) is 0. The van der Waals surface area contributed by atoms with E-state index in [1.54, 1.807) is 0 Å². The summed E-state index contributed by atoms with van der Waals surface area (Å²) in [5.74, 6) is 0. The van der Waals surface area contributed by atoms with Gasteiger partial charge in [-0.15, -0.1) is 0 Å². The van der Waals surface area contributed by atoms with Crippen LogP contribution in [0.15, 0.2) is 247 Å². The predicted octanol–water partition coefficient (Wildman–Crippen LogP) is 16.8. The second-order valence-corrected chi connectivity index (χ2v) is 16.0. The van der Waals surface area contributed by atoms with Crippen molar-refractivity contribution in [3.63, 3.8) is 0 Å². The number of fused-ring (bicyclic) bond motifs is 6. The Balaban J connectivity index is 1.09. The molecule has 0 unspecified atom stereocenters. The zero-order chi connectivity index (χ0) is 41.7. The number of para-hydroxylation sites is 3. The van der Waals surface area contributed by atoms with Crippen molar-refractivity contribution in [2.75, 3.05) is 4.90 Å². The van der Waals surface area contributed by atoms with Crippen LogP contribution in [0.2, 0.25) is 0 Å². The lowest BCUT2D eigenvalue weighted by Crippen LogP contribution is -2.12. The molecule has 0 fully saturated rings.